The fourth-order valence-corrected chi connectivity index (χ4v) is 2.39. The van der Waals surface area contributed by atoms with Crippen molar-refractivity contribution in [1.82, 2.24) is 4.90 Å². The third kappa shape index (κ3) is 3.27. The van der Waals surface area contributed by atoms with Gasteiger partial charge >= 0.3 is 0 Å². The number of hydrogen-bond donors (Lipinski definition) is 3. The van der Waals surface area contributed by atoms with E-state index in [9.17, 15) is 9.59 Å². The van der Waals surface area contributed by atoms with E-state index in [1.807, 2.05) is 17.9 Å². The van der Waals surface area contributed by atoms with Crippen LogP contribution in [0.4, 0.5) is 11.4 Å². The Morgan fingerprint density at radius 3 is 2.85 bits per heavy atom. The van der Waals surface area contributed by atoms with Gasteiger partial charge in [0, 0.05) is 17.9 Å². The van der Waals surface area contributed by atoms with Crippen LogP contribution in [0.2, 0.25) is 0 Å². The highest BCUT2D eigenvalue weighted by Gasteiger charge is 2.27. The first-order valence-electron chi connectivity index (χ1n) is 6.64. The van der Waals surface area contributed by atoms with Gasteiger partial charge in [-0.05, 0) is 37.6 Å². The molecule has 1 aromatic carbocycles. The van der Waals surface area contributed by atoms with Crippen LogP contribution < -0.4 is 16.8 Å². The zero-order valence-electron chi connectivity index (χ0n) is 11.6. The Kier molecular flexibility index (Phi) is 4.24. The maximum absolute atomic E-state index is 12.0. The number of anilines is 2. The smallest absolute Gasteiger partial charge is 0.238 e. The van der Waals surface area contributed by atoms with Gasteiger partial charge in [0.25, 0.3) is 0 Å². The second-order valence-electron chi connectivity index (χ2n) is 5.19. The third-order valence-electron chi connectivity index (χ3n) is 3.69. The summed E-state index contributed by atoms with van der Waals surface area (Å²) >= 11 is 0. The third-order valence-corrected chi connectivity index (χ3v) is 3.69. The number of hydrogen-bond acceptors (Lipinski definition) is 4. The SMILES string of the molecule is Cc1c(N)cccc1NC(=O)CN1CCC(C(N)=O)C1. The first-order valence-corrected chi connectivity index (χ1v) is 6.64. The number of nitrogens with one attached hydrogen (secondary N) is 1. The lowest BCUT2D eigenvalue weighted by Gasteiger charge is -2.16. The second-order valence-corrected chi connectivity index (χ2v) is 5.19. The average molecular weight is 276 g/mol. The summed E-state index contributed by atoms with van der Waals surface area (Å²) in [5.74, 6) is -0.541. The minimum Gasteiger partial charge on any atom is -0.398 e. The lowest BCUT2D eigenvalue weighted by Crippen LogP contribution is -2.33. The lowest BCUT2D eigenvalue weighted by atomic mass is 10.1. The summed E-state index contributed by atoms with van der Waals surface area (Å²) in [6.45, 7) is 3.40. The van der Waals surface area contributed by atoms with Gasteiger partial charge in [-0.3, -0.25) is 14.5 Å². The number of benzene rings is 1. The van der Waals surface area contributed by atoms with Gasteiger partial charge in [0.2, 0.25) is 11.8 Å². The van der Waals surface area contributed by atoms with Gasteiger partial charge in [-0.1, -0.05) is 6.07 Å². The average Bonchev–Trinajstić information content (AvgIpc) is 2.83. The molecule has 5 N–H and O–H groups in total. The summed E-state index contributed by atoms with van der Waals surface area (Å²) in [6, 6.07) is 5.42. The fourth-order valence-electron chi connectivity index (χ4n) is 2.39. The van der Waals surface area contributed by atoms with Gasteiger partial charge < -0.3 is 16.8 Å². The number of nitrogen functional groups attached to an aromatic ring is 1. The number of primary amides is 1. The van der Waals surface area contributed by atoms with E-state index < -0.39 is 0 Å². The van der Waals surface area contributed by atoms with Crippen molar-refractivity contribution in [3.63, 3.8) is 0 Å². The van der Waals surface area contributed by atoms with E-state index in [4.69, 9.17) is 11.5 Å². The van der Waals surface area contributed by atoms with Crippen molar-refractivity contribution in [1.29, 1.82) is 0 Å². The molecule has 0 bridgehead atoms. The van der Waals surface area contributed by atoms with E-state index in [1.54, 1.807) is 12.1 Å². The number of carbonyl (C=O) groups excluding carboxylic acids is 2. The van der Waals surface area contributed by atoms with Crippen LogP contribution in [0.5, 0.6) is 0 Å². The zero-order valence-corrected chi connectivity index (χ0v) is 11.6. The molecule has 1 saturated heterocycles. The highest BCUT2D eigenvalue weighted by molar-refractivity contribution is 5.93. The first kappa shape index (κ1) is 14.3. The predicted molar refractivity (Wildman–Crippen MR) is 78.0 cm³/mol. The van der Waals surface area contributed by atoms with Gasteiger partial charge in [0.05, 0.1) is 12.5 Å². The fraction of sp³-hybridized carbons (Fsp3) is 0.429. The number of amides is 2. The molecule has 0 radical (unpaired) electrons. The molecule has 6 heteroatoms. The van der Waals surface area contributed by atoms with Crippen LogP contribution in [-0.4, -0.2) is 36.3 Å². The number of likely N-dealkylation sites (tertiary alicyclic amines) is 1. The monoisotopic (exact) mass is 276 g/mol. The summed E-state index contributed by atoms with van der Waals surface area (Å²) < 4.78 is 0. The summed E-state index contributed by atoms with van der Waals surface area (Å²) in [5.41, 5.74) is 13.3. The molecule has 1 unspecified atom stereocenters. The van der Waals surface area contributed by atoms with Crippen molar-refractivity contribution in [3.05, 3.63) is 23.8 Å². The second kappa shape index (κ2) is 5.92. The summed E-state index contributed by atoms with van der Waals surface area (Å²) in [4.78, 5) is 25.0. The minimum atomic E-state index is -0.292. The quantitative estimate of drug-likeness (QED) is 0.689. The van der Waals surface area contributed by atoms with Crippen LogP contribution in [0, 0.1) is 12.8 Å². The van der Waals surface area contributed by atoms with Gasteiger partial charge in [0.15, 0.2) is 0 Å². The molecule has 1 heterocycles. The Morgan fingerprint density at radius 1 is 1.45 bits per heavy atom. The molecule has 20 heavy (non-hydrogen) atoms. The molecule has 1 atom stereocenters. The maximum atomic E-state index is 12.0. The molecule has 108 valence electrons. The maximum Gasteiger partial charge on any atom is 0.238 e. The molecule has 0 spiro atoms. The Labute approximate surface area is 118 Å². The van der Waals surface area contributed by atoms with Crippen LogP contribution in [-0.2, 0) is 9.59 Å². The Morgan fingerprint density at radius 2 is 2.20 bits per heavy atom. The topological polar surface area (TPSA) is 101 Å². The summed E-state index contributed by atoms with van der Waals surface area (Å²) in [5, 5.41) is 2.85. The van der Waals surface area contributed by atoms with E-state index in [2.05, 4.69) is 5.32 Å². The molecule has 2 amide bonds. The molecule has 0 aliphatic carbocycles. The number of nitrogens with two attached hydrogens (primary N) is 2. The van der Waals surface area contributed by atoms with Gasteiger partial charge in [-0.25, -0.2) is 0 Å². The molecule has 1 aromatic rings. The molecule has 0 aromatic heterocycles. The molecular formula is C14H20N4O2. The number of carbonyl (C=O) groups is 2. The highest BCUT2D eigenvalue weighted by atomic mass is 16.2. The Bertz CT molecular complexity index is 530. The van der Waals surface area contributed by atoms with Crippen molar-refractivity contribution in [2.75, 3.05) is 30.7 Å². The molecular weight excluding hydrogens is 256 g/mol. The minimum absolute atomic E-state index is 0.108. The molecule has 1 aliphatic rings. The summed E-state index contributed by atoms with van der Waals surface area (Å²) in [7, 11) is 0. The molecule has 1 aliphatic heterocycles. The Hall–Kier alpha value is -2.08. The van der Waals surface area contributed by atoms with Crippen molar-refractivity contribution >= 4 is 23.2 Å². The predicted octanol–water partition coefficient (Wildman–Crippen LogP) is 0.323. The van der Waals surface area contributed by atoms with E-state index >= 15 is 0 Å². The van der Waals surface area contributed by atoms with E-state index in [0.717, 1.165) is 24.2 Å². The number of nitrogens with zero attached hydrogens (tertiary/aromatic N) is 1. The zero-order chi connectivity index (χ0) is 14.7. The van der Waals surface area contributed by atoms with Crippen LogP contribution in [0.3, 0.4) is 0 Å². The van der Waals surface area contributed by atoms with E-state index in [-0.39, 0.29) is 24.3 Å². The highest BCUT2D eigenvalue weighted by Crippen LogP contribution is 2.21. The van der Waals surface area contributed by atoms with E-state index in [0.29, 0.717) is 12.2 Å². The van der Waals surface area contributed by atoms with Crippen LogP contribution in [0.25, 0.3) is 0 Å². The van der Waals surface area contributed by atoms with E-state index in [1.165, 1.54) is 0 Å². The summed E-state index contributed by atoms with van der Waals surface area (Å²) in [6.07, 6.45) is 0.722. The van der Waals surface area contributed by atoms with Crippen molar-refractivity contribution < 1.29 is 9.59 Å². The molecule has 1 fully saturated rings. The van der Waals surface area contributed by atoms with Gasteiger partial charge in [0.1, 0.15) is 0 Å². The largest absolute Gasteiger partial charge is 0.398 e. The first-order chi connectivity index (χ1) is 9.47. The lowest BCUT2D eigenvalue weighted by molar-refractivity contribution is -0.122. The van der Waals surface area contributed by atoms with Crippen molar-refractivity contribution in [2.45, 2.75) is 13.3 Å². The van der Waals surface area contributed by atoms with Gasteiger partial charge in [-0.2, -0.15) is 0 Å². The van der Waals surface area contributed by atoms with Crippen molar-refractivity contribution in [2.24, 2.45) is 11.7 Å². The van der Waals surface area contributed by atoms with Crippen molar-refractivity contribution in [3.8, 4) is 0 Å². The standard InChI is InChI=1S/C14H20N4O2/c1-9-11(15)3-2-4-12(9)17-13(19)8-18-6-5-10(7-18)14(16)20/h2-4,10H,5-8,15H2,1H3,(H2,16,20)(H,17,19). The molecule has 0 saturated carbocycles. The van der Waals surface area contributed by atoms with Crippen LogP contribution in [0.1, 0.15) is 12.0 Å². The Balaban J connectivity index is 1.90. The van der Waals surface area contributed by atoms with Crippen LogP contribution >= 0.6 is 0 Å². The normalized spacial score (nSPS) is 18.9. The molecule has 6 nitrogen and oxygen atoms in total. The van der Waals surface area contributed by atoms with Gasteiger partial charge in [-0.15, -0.1) is 0 Å². The number of rotatable bonds is 4. The van der Waals surface area contributed by atoms with Crippen LogP contribution in [0.15, 0.2) is 18.2 Å². The molecule has 2 rings (SSSR count).